The lowest BCUT2D eigenvalue weighted by molar-refractivity contribution is 1.17. The van der Waals surface area contributed by atoms with Crippen molar-refractivity contribution in [2.24, 2.45) is 0 Å². The fraction of sp³-hybridized carbons (Fsp3) is 0.176. The van der Waals surface area contributed by atoms with E-state index in [1.165, 1.54) is 10.4 Å². The molecule has 0 unspecified atom stereocenters. The third-order valence-corrected chi connectivity index (χ3v) is 4.89. The second-order valence-electron chi connectivity index (χ2n) is 4.84. The molecule has 0 amide bonds. The van der Waals surface area contributed by atoms with Gasteiger partial charge in [0, 0.05) is 33.4 Å². The van der Waals surface area contributed by atoms with Crippen LogP contribution in [0.3, 0.4) is 0 Å². The Balaban J connectivity index is 2.11. The Hall–Kier alpha value is -1.71. The largest absolute Gasteiger partial charge is 0.264 e. The van der Waals surface area contributed by atoms with Crippen LogP contribution in [-0.4, -0.2) is 9.97 Å². The summed E-state index contributed by atoms with van der Waals surface area (Å²) in [4.78, 5) is 10.4. The Morgan fingerprint density at radius 1 is 1.14 bits per heavy atom. The van der Waals surface area contributed by atoms with Gasteiger partial charge in [-0.3, -0.25) is 4.98 Å². The van der Waals surface area contributed by atoms with Crippen LogP contribution in [0, 0.1) is 6.92 Å². The van der Waals surface area contributed by atoms with E-state index in [2.05, 4.69) is 18.8 Å². The van der Waals surface area contributed by atoms with Crippen LogP contribution in [0.4, 0.5) is 0 Å². The van der Waals surface area contributed by atoms with Gasteiger partial charge in [0.15, 0.2) is 0 Å². The first-order valence-electron chi connectivity index (χ1n) is 6.85. The van der Waals surface area contributed by atoms with Crippen LogP contribution in [-0.2, 0) is 6.42 Å². The molecule has 0 bridgehead atoms. The van der Waals surface area contributed by atoms with E-state index in [0.717, 1.165) is 33.3 Å². The molecule has 0 radical (unpaired) electrons. The maximum Gasteiger partial charge on any atom is 0.126 e. The fourth-order valence-corrected chi connectivity index (χ4v) is 3.45. The highest BCUT2D eigenvalue weighted by Gasteiger charge is 2.14. The second kappa shape index (κ2) is 5.96. The molecule has 0 saturated heterocycles. The summed E-state index contributed by atoms with van der Waals surface area (Å²) in [5, 5.41) is 1.78. The molecular weight excluding hydrogens is 300 g/mol. The standard InChI is InChI=1S/C17H15ClN2S/c1-3-15-16(12-4-6-13(18)7-5-12)20-17(21-15)14-10-19-9-8-11(14)2/h4-10H,3H2,1-2H3. The fourth-order valence-electron chi connectivity index (χ4n) is 2.23. The molecule has 0 saturated carbocycles. The minimum absolute atomic E-state index is 0.746. The predicted octanol–water partition coefficient (Wildman–Crippen LogP) is 5.40. The van der Waals surface area contributed by atoms with Crippen LogP contribution in [0.2, 0.25) is 5.02 Å². The van der Waals surface area contributed by atoms with Gasteiger partial charge in [-0.15, -0.1) is 11.3 Å². The maximum absolute atomic E-state index is 5.97. The molecule has 0 aliphatic carbocycles. The molecule has 2 nitrogen and oxygen atoms in total. The number of hydrogen-bond acceptors (Lipinski definition) is 3. The minimum Gasteiger partial charge on any atom is -0.264 e. The Kier molecular flexibility index (Phi) is 4.04. The van der Waals surface area contributed by atoms with Gasteiger partial charge in [-0.1, -0.05) is 30.7 Å². The van der Waals surface area contributed by atoms with Crippen molar-refractivity contribution in [2.45, 2.75) is 20.3 Å². The van der Waals surface area contributed by atoms with Crippen molar-refractivity contribution in [1.29, 1.82) is 0 Å². The first-order valence-corrected chi connectivity index (χ1v) is 8.05. The van der Waals surface area contributed by atoms with Crippen molar-refractivity contribution in [3.8, 4) is 21.8 Å². The van der Waals surface area contributed by atoms with E-state index in [0.29, 0.717) is 0 Å². The van der Waals surface area contributed by atoms with E-state index in [-0.39, 0.29) is 0 Å². The zero-order valence-electron chi connectivity index (χ0n) is 11.9. The van der Waals surface area contributed by atoms with Gasteiger partial charge in [0.05, 0.1) is 5.69 Å². The first kappa shape index (κ1) is 14.2. The second-order valence-corrected chi connectivity index (χ2v) is 6.36. The average Bonchev–Trinajstić information content (AvgIpc) is 2.92. The van der Waals surface area contributed by atoms with Crippen LogP contribution >= 0.6 is 22.9 Å². The van der Waals surface area contributed by atoms with Gasteiger partial charge < -0.3 is 0 Å². The lowest BCUT2D eigenvalue weighted by Crippen LogP contribution is -1.85. The molecule has 0 N–H and O–H groups in total. The van der Waals surface area contributed by atoms with E-state index >= 15 is 0 Å². The maximum atomic E-state index is 5.97. The number of thiazole rings is 1. The molecule has 106 valence electrons. The summed E-state index contributed by atoms with van der Waals surface area (Å²) >= 11 is 7.71. The molecule has 0 spiro atoms. The molecule has 0 fully saturated rings. The zero-order chi connectivity index (χ0) is 14.8. The lowest BCUT2D eigenvalue weighted by Gasteiger charge is -2.00. The number of pyridine rings is 1. The average molecular weight is 315 g/mol. The van der Waals surface area contributed by atoms with Crippen LogP contribution in [0.1, 0.15) is 17.4 Å². The molecule has 21 heavy (non-hydrogen) atoms. The summed E-state index contributed by atoms with van der Waals surface area (Å²) in [6.07, 6.45) is 4.67. The van der Waals surface area contributed by atoms with E-state index in [4.69, 9.17) is 16.6 Å². The monoisotopic (exact) mass is 314 g/mol. The van der Waals surface area contributed by atoms with Crippen LogP contribution < -0.4 is 0 Å². The smallest absolute Gasteiger partial charge is 0.126 e. The first-order chi connectivity index (χ1) is 10.2. The number of aryl methyl sites for hydroxylation is 2. The topological polar surface area (TPSA) is 25.8 Å². The van der Waals surface area contributed by atoms with Crippen molar-refractivity contribution in [3.05, 3.63) is 58.2 Å². The van der Waals surface area contributed by atoms with Crippen molar-refractivity contribution < 1.29 is 0 Å². The van der Waals surface area contributed by atoms with E-state index in [1.807, 2.05) is 42.7 Å². The number of halogens is 1. The van der Waals surface area contributed by atoms with Gasteiger partial charge in [0.2, 0.25) is 0 Å². The summed E-state index contributed by atoms with van der Waals surface area (Å²) in [5.74, 6) is 0. The Morgan fingerprint density at radius 3 is 2.57 bits per heavy atom. The number of aromatic nitrogens is 2. The van der Waals surface area contributed by atoms with Gasteiger partial charge in [0.1, 0.15) is 5.01 Å². The molecule has 1 aromatic carbocycles. The van der Waals surface area contributed by atoms with Gasteiger partial charge >= 0.3 is 0 Å². The normalized spacial score (nSPS) is 10.8. The number of benzene rings is 1. The summed E-state index contributed by atoms with van der Waals surface area (Å²) in [5.41, 5.74) is 4.47. The summed E-state index contributed by atoms with van der Waals surface area (Å²) in [7, 11) is 0. The third kappa shape index (κ3) is 2.85. The molecule has 2 aromatic heterocycles. The molecule has 4 heteroatoms. The van der Waals surface area contributed by atoms with E-state index < -0.39 is 0 Å². The highest BCUT2D eigenvalue weighted by atomic mass is 35.5. The van der Waals surface area contributed by atoms with Crippen molar-refractivity contribution in [2.75, 3.05) is 0 Å². The van der Waals surface area contributed by atoms with Gasteiger partial charge in [-0.05, 0) is 37.1 Å². The van der Waals surface area contributed by atoms with Gasteiger partial charge in [0.25, 0.3) is 0 Å². The van der Waals surface area contributed by atoms with E-state index in [9.17, 15) is 0 Å². The predicted molar refractivity (Wildman–Crippen MR) is 89.9 cm³/mol. The zero-order valence-corrected chi connectivity index (χ0v) is 13.5. The van der Waals surface area contributed by atoms with Gasteiger partial charge in [-0.25, -0.2) is 4.98 Å². The highest BCUT2D eigenvalue weighted by molar-refractivity contribution is 7.15. The Bertz CT molecular complexity index is 763. The van der Waals surface area contributed by atoms with Crippen molar-refractivity contribution in [3.63, 3.8) is 0 Å². The summed E-state index contributed by atoms with van der Waals surface area (Å²) in [6, 6.07) is 9.88. The third-order valence-electron chi connectivity index (χ3n) is 3.41. The number of rotatable bonds is 3. The lowest BCUT2D eigenvalue weighted by atomic mass is 10.1. The molecule has 3 aromatic rings. The van der Waals surface area contributed by atoms with Gasteiger partial charge in [-0.2, -0.15) is 0 Å². The number of hydrogen-bond donors (Lipinski definition) is 0. The Morgan fingerprint density at radius 2 is 1.90 bits per heavy atom. The van der Waals surface area contributed by atoms with Crippen LogP contribution in [0.5, 0.6) is 0 Å². The van der Waals surface area contributed by atoms with Crippen LogP contribution in [0.15, 0.2) is 42.7 Å². The molecule has 0 aliphatic rings. The summed E-state index contributed by atoms with van der Waals surface area (Å²) in [6.45, 7) is 4.25. The number of nitrogens with zero attached hydrogens (tertiary/aromatic N) is 2. The molecule has 0 aliphatic heterocycles. The van der Waals surface area contributed by atoms with Crippen molar-refractivity contribution in [1.82, 2.24) is 9.97 Å². The Labute approximate surface area is 133 Å². The molecule has 2 heterocycles. The summed E-state index contributed by atoms with van der Waals surface area (Å²) < 4.78 is 0. The minimum atomic E-state index is 0.746. The van der Waals surface area contributed by atoms with E-state index in [1.54, 1.807) is 11.3 Å². The quantitative estimate of drug-likeness (QED) is 0.647. The molecule has 0 atom stereocenters. The molecular formula is C17H15ClN2S. The van der Waals surface area contributed by atoms with Crippen molar-refractivity contribution >= 4 is 22.9 Å². The van der Waals surface area contributed by atoms with Crippen LogP contribution in [0.25, 0.3) is 21.8 Å². The highest BCUT2D eigenvalue weighted by Crippen LogP contribution is 2.35. The SMILES string of the molecule is CCc1sc(-c2cnccc2C)nc1-c1ccc(Cl)cc1. The molecule has 3 rings (SSSR count).